The lowest BCUT2D eigenvalue weighted by Gasteiger charge is -2.15. The van der Waals surface area contributed by atoms with Crippen LogP contribution in [0.5, 0.6) is 0 Å². The Morgan fingerprint density at radius 3 is 2.83 bits per heavy atom. The molecule has 3 rings (SSSR count). The van der Waals surface area contributed by atoms with E-state index in [1.165, 1.54) is 29.7 Å². The Balaban J connectivity index is 1.87. The predicted molar refractivity (Wildman–Crippen MR) is 73.1 cm³/mol. The summed E-state index contributed by atoms with van der Waals surface area (Å²) in [5.74, 6) is 0.713. The Morgan fingerprint density at radius 1 is 1.11 bits per heavy atom. The number of benzene rings is 1. The van der Waals surface area contributed by atoms with Gasteiger partial charge in [-0.15, -0.1) is 0 Å². The zero-order valence-corrected chi connectivity index (χ0v) is 10.6. The first-order valence-corrected chi connectivity index (χ1v) is 6.50. The van der Waals surface area contributed by atoms with Gasteiger partial charge in [-0.2, -0.15) is 0 Å². The molecule has 0 saturated carbocycles. The van der Waals surface area contributed by atoms with E-state index in [1.807, 2.05) is 18.3 Å². The van der Waals surface area contributed by atoms with Gasteiger partial charge in [0.15, 0.2) is 0 Å². The average Bonchev–Trinajstić information content (AvgIpc) is 2.41. The van der Waals surface area contributed by atoms with Crippen molar-refractivity contribution in [3.63, 3.8) is 0 Å². The van der Waals surface area contributed by atoms with Crippen molar-refractivity contribution in [3.8, 4) is 0 Å². The molecule has 0 aliphatic heterocycles. The lowest BCUT2D eigenvalue weighted by Crippen LogP contribution is -2.08. The molecule has 1 heterocycles. The highest BCUT2D eigenvalue weighted by Gasteiger charge is 2.12. The van der Waals surface area contributed by atoms with Gasteiger partial charge >= 0.3 is 0 Å². The average molecular weight is 239 g/mol. The number of hydrogen-bond donors (Lipinski definition) is 1. The van der Waals surface area contributed by atoms with Crippen LogP contribution in [0.2, 0.25) is 0 Å². The summed E-state index contributed by atoms with van der Waals surface area (Å²) in [5, 5.41) is 3.30. The summed E-state index contributed by atoms with van der Waals surface area (Å²) >= 11 is 0. The Hall–Kier alpha value is -1.90. The summed E-state index contributed by atoms with van der Waals surface area (Å²) in [6, 6.07) is 8.20. The molecule has 0 unspecified atom stereocenters. The Kier molecular flexibility index (Phi) is 2.97. The molecule has 0 radical (unpaired) electrons. The van der Waals surface area contributed by atoms with Gasteiger partial charge in [-0.25, -0.2) is 9.97 Å². The van der Waals surface area contributed by atoms with Crippen LogP contribution in [0, 0.1) is 6.92 Å². The molecule has 0 spiro atoms. The van der Waals surface area contributed by atoms with Crippen molar-refractivity contribution in [1.82, 2.24) is 9.97 Å². The van der Waals surface area contributed by atoms with Crippen LogP contribution in [0.1, 0.15) is 29.7 Å². The first-order chi connectivity index (χ1) is 8.83. The smallest absolute Gasteiger partial charge is 0.227 e. The van der Waals surface area contributed by atoms with Crippen LogP contribution in [0.3, 0.4) is 0 Å². The minimum absolute atomic E-state index is 0.713. The summed E-state index contributed by atoms with van der Waals surface area (Å²) in [6.45, 7) is 2.08. The van der Waals surface area contributed by atoms with Crippen LogP contribution < -0.4 is 5.32 Å². The highest BCUT2D eigenvalue weighted by atomic mass is 15.1. The minimum Gasteiger partial charge on any atom is -0.324 e. The van der Waals surface area contributed by atoms with Crippen LogP contribution >= 0.6 is 0 Å². The zero-order chi connectivity index (χ0) is 12.4. The van der Waals surface area contributed by atoms with E-state index in [0.717, 1.165) is 18.5 Å². The second-order valence-electron chi connectivity index (χ2n) is 4.81. The van der Waals surface area contributed by atoms with Gasteiger partial charge in [-0.05, 0) is 49.8 Å². The number of rotatable bonds is 2. The van der Waals surface area contributed by atoms with Gasteiger partial charge in [0.2, 0.25) is 5.95 Å². The van der Waals surface area contributed by atoms with Crippen molar-refractivity contribution in [2.45, 2.75) is 32.6 Å². The van der Waals surface area contributed by atoms with Gasteiger partial charge in [-0.3, -0.25) is 0 Å². The molecule has 0 amide bonds. The van der Waals surface area contributed by atoms with E-state index in [4.69, 9.17) is 0 Å². The molecule has 3 heteroatoms. The lowest BCUT2D eigenvalue weighted by molar-refractivity contribution is 0.663. The molecule has 0 fully saturated rings. The molecule has 1 aromatic heterocycles. The third-order valence-corrected chi connectivity index (χ3v) is 3.46. The van der Waals surface area contributed by atoms with Crippen LogP contribution in [-0.4, -0.2) is 9.97 Å². The van der Waals surface area contributed by atoms with Crippen molar-refractivity contribution in [2.24, 2.45) is 0 Å². The van der Waals surface area contributed by atoms with Gasteiger partial charge < -0.3 is 5.32 Å². The van der Waals surface area contributed by atoms with Gasteiger partial charge in [-0.1, -0.05) is 18.2 Å². The lowest BCUT2D eigenvalue weighted by atomic mass is 9.98. The number of nitrogens with one attached hydrogen (secondary N) is 1. The van der Waals surface area contributed by atoms with E-state index in [-0.39, 0.29) is 0 Å². The second-order valence-corrected chi connectivity index (χ2v) is 4.81. The largest absolute Gasteiger partial charge is 0.324 e. The summed E-state index contributed by atoms with van der Waals surface area (Å²) in [6.07, 6.45) is 6.69. The van der Waals surface area contributed by atoms with E-state index >= 15 is 0 Å². The quantitative estimate of drug-likeness (QED) is 0.872. The molecular weight excluding hydrogens is 222 g/mol. The summed E-state index contributed by atoms with van der Waals surface area (Å²) in [7, 11) is 0. The number of fused-ring (bicyclic) bond motifs is 1. The minimum atomic E-state index is 0.713. The summed E-state index contributed by atoms with van der Waals surface area (Å²) in [5.41, 5.74) is 4.82. The number of hydrogen-bond acceptors (Lipinski definition) is 3. The highest BCUT2D eigenvalue weighted by Crippen LogP contribution is 2.22. The topological polar surface area (TPSA) is 37.8 Å². The molecule has 1 N–H and O–H groups in total. The van der Waals surface area contributed by atoms with E-state index in [9.17, 15) is 0 Å². The molecule has 92 valence electrons. The fraction of sp³-hybridized carbons (Fsp3) is 0.333. The van der Waals surface area contributed by atoms with E-state index in [2.05, 4.69) is 34.3 Å². The standard InChI is InChI=1S/C15H17N3/c1-11-6-2-4-8-13(11)17-15-16-10-12-7-3-5-9-14(12)18-15/h2,4,6,8,10H,3,5,7,9H2,1H3,(H,16,17,18). The molecule has 1 aromatic carbocycles. The van der Waals surface area contributed by atoms with Crippen LogP contribution in [0.15, 0.2) is 30.5 Å². The SMILES string of the molecule is Cc1ccccc1Nc1ncc2c(n1)CCCC2. The zero-order valence-electron chi connectivity index (χ0n) is 10.6. The third kappa shape index (κ3) is 2.21. The van der Waals surface area contributed by atoms with Crippen molar-refractivity contribution in [2.75, 3.05) is 5.32 Å². The Labute approximate surface area is 107 Å². The maximum atomic E-state index is 4.63. The molecule has 3 nitrogen and oxygen atoms in total. The second kappa shape index (κ2) is 4.77. The normalized spacial score (nSPS) is 14.1. The summed E-state index contributed by atoms with van der Waals surface area (Å²) in [4.78, 5) is 9.03. The first kappa shape index (κ1) is 11.2. The van der Waals surface area contributed by atoms with E-state index in [1.54, 1.807) is 0 Å². The molecule has 2 aromatic rings. The van der Waals surface area contributed by atoms with Gasteiger partial charge in [0.25, 0.3) is 0 Å². The maximum Gasteiger partial charge on any atom is 0.227 e. The third-order valence-electron chi connectivity index (χ3n) is 3.46. The number of aryl methyl sites for hydroxylation is 3. The first-order valence-electron chi connectivity index (χ1n) is 6.50. The van der Waals surface area contributed by atoms with Crippen LogP contribution in [0.4, 0.5) is 11.6 Å². The fourth-order valence-corrected chi connectivity index (χ4v) is 2.37. The van der Waals surface area contributed by atoms with Crippen molar-refractivity contribution in [3.05, 3.63) is 47.3 Å². The Bertz CT molecular complexity index is 563. The fourth-order valence-electron chi connectivity index (χ4n) is 2.37. The molecule has 1 aliphatic rings. The molecular formula is C15H17N3. The Morgan fingerprint density at radius 2 is 1.94 bits per heavy atom. The maximum absolute atomic E-state index is 4.63. The number of anilines is 2. The number of aromatic nitrogens is 2. The van der Waals surface area contributed by atoms with Gasteiger partial charge in [0.05, 0.1) is 0 Å². The van der Waals surface area contributed by atoms with E-state index in [0.29, 0.717) is 5.95 Å². The molecule has 0 atom stereocenters. The molecule has 18 heavy (non-hydrogen) atoms. The van der Waals surface area contributed by atoms with Crippen LogP contribution in [-0.2, 0) is 12.8 Å². The van der Waals surface area contributed by atoms with Crippen molar-refractivity contribution >= 4 is 11.6 Å². The summed E-state index contributed by atoms with van der Waals surface area (Å²) < 4.78 is 0. The molecule has 1 aliphatic carbocycles. The number of nitrogens with zero attached hydrogens (tertiary/aromatic N) is 2. The highest BCUT2D eigenvalue weighted by molar-refractivity contribution is 5.58. The number of para-hydroxylation sites is 1. The van der Waals surface area contributed by atoms with E-state index < -0.39 is 0 Å². The van der Waals surface area contributed by atoms with Gasteiger partial charge in [0, 0.05) is 17.6 Å². The van der Waals surface area contributed by atoms with Crippen LogP contribution in [0.25, 0.3) is 0 Å². The van der Waals surface area contributed by atoms with Crippen molar-refractivity contribution in [1.29, 1.82) is 0 Å². The predicted octanol–water partition coefficient (Wildman–Crippen LogP) is 3.41. The van der Waals surface area contributed by atoms with Crippen molar-refractivity contribution < 1.29 is 0 Å². The molecule has 0 bridgehead atoms. The van der Waals surface area contributed by atoms with Gasteiger partial charge in [0.1, 0.15) is 0 Å². The monoisotopic (exact) mass is 239 g/mol. The molecule has 0 saturated heterocycles.